The van der Waals surface area contributed by atoms with E-state index in [1.807, 2.05) is 13.8 Å². The van der Waals surface area contributed by atoms with Crippen molar-refractivity contribution in [1.29, 1.82) is 0 Å². The number of aryl methyl sites for hydroxylation is 1. The number of fused-ring (bicyclic) bond motifs is 1. The van der Waals surface area contributed by atoms with Crippen molar-refractivity contribution in [2.75, 3.05) is 5.32 Å². The number of aliphatic imine (C=N–C) groups is 1. The molecule has 2 aliphatic heterocycles. The van der Waals surface area contributed by atoms with Crippen LogP contribution < -0.4 is 14.8 Å². The molecule has 2 aromatic rings. The smallest absolute Gasteiger partial charge is 0.395 e. The van der Waals surface area contributed by atoms with Crippen molar-refractivity contribution in [1.82, 2.24) is 4.98 Å². The first-order valence-electron chi connectivity index (χ1n) is 8.64. The molecule has 0 fully saturated rings. The number of rotatable bonds is 3. The van der Waals surface area contributed by atoms with Crippen LogP contribution in [0.15, 0.2) is 46.7 Å². The monoisotopic (exact) mass is 385 g/mol. The maximum atomic E-state index is 13.2. The molecule has 0 spiro atoms. The number of amides is 1. The Morgan fingerprint density at radius 3 is 2.46 bits per heavy atom. The lowest BCUT2D eigenvalue weighted by Crippen LogP contribution is -2.25. The van der Waals surface area contributed by atoms with Gasteiger partial charge in [-0.2, -0.15) is 0 Å². The number of pyridine rings is 1. The highest BCUT2D eigenvalue weighted by Crippen LogP contribution is 2.44. The number of hydrogen-bond acceptors (Lipinski definition) is 5. The lowest BCUT2D eigenvalue weighted by molar-refractivity contribution is -0.286. The van der Waals surface area contributed by atoms with Gasteiger partial charge >= 0.3 is 6.29 Å². The SMILES string of the molecule is CC1=NC(C(=O)Nc2ccc(-c3cc4c(cc3C)OC(F)(F)O4)cn2)=C(C)C1. The largest absolute Gasteiger partial charge is 0.586 e. The quantitative estimate of drug-likeness (QED) is 0.847. The number of nitrogens with one attached hydrogen (secondary N) is 1. The Morgan fingerprint density at radius 1 is 1.14 bits per heavy atom. The first-order chi connectivity index (χ1) is 13.2. The maximum absolute atomic E-state index is 13.2. The van der Waals surface area contributed by atoms with E-state index >= 15 is 0 Å². The highest BCUT2D eigenvalue weighted by Gasteiger charge is 2.43. The average molecular weight is 385 g/mol. The van der Waals surface area contributed by atoms with Gasteiger partial charge in [-0.05, 0) is 61.7 Å². The molecule has 3 heterocycles. The van der Waals surface area contributed by atoms with Crippen LogP contribution in [0.1, 0.15) is 25.8 Å². The summed E-state index contributed by atoms with van der Waals surface area (Å²) in [5.74, 6) is 0.0360. The number of allylic oxidation sites excluding steroid dienone is 1. The number of nitrogens with zero attached hydrogens (tertiary/aromatic N) is 2. The molecule has 0 atom stereocenters. The number of alkyl halides is 2. The van der Waals surface area contributed by atoms with E-state index in [2.05, 4.69) is 24.8 Å². The number of ether oxygens (including phenoxy) is 2. The van der Waals surface area contributed by atoms with Crippen LogP contribution in [0.4, 0.5) is 14.6 Å². The Hall–Kier alpha value is -3.29. The summed E-state index contributed by atoms with van der Waals surface area (Å²) >= 11 is 0. The Morgan fingerprint density at radius 2 is 1.86 bits per heavy atom. The molecule has 1 aromatic carbocycles. The summed E-state index contributed by atoms with van der Waals surface area (Å²) in [4.78, 5) is 20.9. The minimum atomic E-state index is -3.66. The fourth-order valence-corrected chi connectivity index (χ4v) is 3.25. The van der Waals surface area contributed by atoms with Crippen molar-refractivity contribution in [3.8, 4) is 22.6 Å². The third kappa shape index (κ3) is 3.33. The highest BCUT2D eigenvalue weighted by atomic mass is 19.3. The molecule has 8 heteroatoms. The van der Waals surface area contributed by atoms with Gasteiger partial charge in [0.25, 0.3) is 5.91 Å². The van der Waals surface area contributed by atoms with Crippen LogP contribution in [0.25, 0.3) is 11.1 Å². The van der Waals surface area contributed by atoms with Crippen LogP contribution >= 0.6 is 0 Å². The number of anilines is 1. The van der Waals surface area contributed by atoms with Crippen molar-refractivity contribution in [3.63, 3.8) is 0 Å². The molecule has 28 heavy (non-hydrogen) atoms. The number of carbonyl (C=O) groups excluding carboxylic acids is 1. The Kier molecular flexibility index (Phi) is 4.14. The molecule has 0 aliphatic carbocycles. The highest BCUT2D eigenvalue weighted by molar-refractivity contribution is 6.08. The number of halogens is 2. The lowest BCUT2D eigenvalue weighted by atomic mass is 10.0. The average Bonchev–Trinajstić information content (AvgIpc) is 3.11. The molecule has 1 N–H and O–H groups in total. The van der Waals surface area contributed by atoms with Crippen molar-refractivity contribution in [3.05, 3.63) is 47.3 Å². The predicted molar refractivity (Wildman–Crippen MR) is 99.7 cm³/mol. The van der Waals surface area contributed by atoms with Crippen molar-refractivity contribution >= 4 is 17.4 Å². The molecule has 0 saturated carbocycles. The van der Waals surface area contributed by atoms with Crippen LogP contribution in [0.2, 0.25) is 0 Å². The molecule has 1 amide bonds. The van der Waals surface area contributed by atoms with E-state index in [9.17, 15) is 13.6 Å². The first-order valence-corrected chi connectivity index (χ1v) is 8.64. The summed E-state index contributed by atoms with van der Waals surface area (Å²) in [5, 5.41) is 2.72. The summed E-state index contributed by atoms with van der Waals surface area (Å²) in [7, 11) is 0. The fourth-order valence-electron chi connectivity index (χ4n) is 3.25. The zero-order valence-corrected chi connectivity index (χ0v) is 15.5. The van der Waals surface area contributed by atoms with E-state index in [-0.39, 0.29) is 17.4 Å². The second kappa shape index (κ2) is 6.40. The third-order valence-electron chi connectivity index (χ3n) is 4.51. The lowest BCUT2D eigenvalue weighted by Gasteiger charge is -2.09. The zero-order chi connectivity index (χ0) is 20.1. The summed E-state index contributed by atoms with van der Waals surface area (Å²) in [6.45, 7) is 5.53. The molecule has 144 valence electrons. The van der Waals surface area contributed by atoms with E-state index in [4.69, 9.17) is 0 Å². The minimum Gasteiger partial charge on any atom is -0.395 e. The maximum Gasteiger partial charge on any atom is 0.586 e. The zero-order valence-electron chi connectivity index (χ0n) is 15.5. The molecule has 6 nitrogen and oxygen atoms in total. The predicted octanol–water partition coefficient (Wildman–Crippen LogP) is 4.46. The minimum absolute atomic E-state index is 0.000788. The molecular formula is C20H17F2N3O3. The van der Waals surface area contributed by atoms with Crippen LogP contribution in [0, 0.1) is 6.92 Å². The number of benzene rings is 1. The molecule has 0 radical (unpaired) electrons. The molecular weight excluding hydrogens is 368 g/mol. The van der Waals surface area contributed by atoms with E-state index in [0.29, 0.717) is 29.1 Å². The van der Waals surface area contributed by atoms with Gasteiger partial charge in [-0.15, -0.1) is 8.78 Å². The fraction of sp³-hybridized carbons (Fsp3) is 0.250. The first kappa shape index (κ1) is 18.1. The molecule has 0 bridgehead atoms. The van der Waals surface area contributed by atoms with Gasteiger partial charge in [0.2, 0.25) is 0 Å². The summed E-state index contributed by atoms with van der Waals surface area (Å²) < 4.78 is 35.5. The summed E-state index contributed by atoms with van der Waals surface area (Å²) in [5.41, 5.74) is 4.34. The topological polar surface area (TPSA) is 72.8 Å². The van der Waals surface area contributed by atoms with Crippen LogP contribution in [-0.2, 0) is 4.79 Å². The standard InChI is InChI=1S/C20H17F2N3O3/c1-10-7-15-16(28-20(21,22)27-15)8-14(10)13-4-5-17(23-9-13)25-19(26)18-11(2)6-12(3)24-18/h4-5,7-9H,6H2,1-3H3,(H,23,25,26). The van der Waals surface area contributed by atoms with Gasteiger partial charge in [0.05, 0.1) is 0 Å². The number of hydrogen-bond donors (Lipinski definition) is 1. The summed E-state index contributed by atoms with van der Waals surface area (Å²) in [6, 6.07) is 6.38. The van der Waals surface area contributed by atoms with Crippen molar-refractivity contribution in [2.24, 2.45) is 4.99 Å². The second-order valence-corrected chi connectivity index (χ2v) is 6.82. The molecule has 2 aliphatic rings. The van der Waals surface area contributed by atoms with E-state index < -0.39 is 6.29 Å². The summed E-state index contributed by atoms with van der Waals surface area (Å²) in [6.07, 6.45) is -1.41. The van der Waals surface area contributed by atoms with Gasteiger partial charge in [0, 0.05) is 23.9 Å². The molecule has 0 saturated heterocycles. The molecule has 1 aromatic heterocycles. The van der Waals surface area contributed by atoms with Crippen LogP contribution in [-0.4, -0.2) is 22.9 Å². The van der Waals surface area contributed by atoms with E-state index in [1.54, 1.807) is 25.3 Å². The van der Waals surface area contributed by atoms with Gasteiger partial charge in [0.15, 0.2) is 11.5 Å². The van der Waals surface area contributed by atoms with Crippen LogP contribution in [0.3, 0.4) is 0 Å². The van der Waals surface area contributed by atoms with Gasteiger partial charge in [-0.3, -0.25) is 9.79 Å². The van der Waals surface area contributed by atoms with Gasteiger partial charge in [0.1, 0.15) is 11.5 Å². The van der Waals surface area contributed by atoms with Crippen molar-refractivity contribution in [2.45, 2.75) is 33.5 Å². The van der Waals surface area contributed by atoms with Crippen LogP contribution in [0.5, 0.6) is 11.5 Å². The van der Waals surface area contributed by atoms with E-state index in [0.717, 1.165) is 16.8 Å². The number of carbonyl (C=O) groups is 1. The van der Waals surface area contributed by atoms with Gasteiger partial charge < -0.3 is 14.8 Å². The van der Waals surface area contributed by atoms with Gasteiger partial charge in [-0.1, -0.05) is 0 Å². The Labute approximate surface area is 159 Å². The number of aromatic nitrogens is 1. The second-order valence-electron chi connectivity index (χ2n) is 6.82. The third-order valence-corrected chi connectivity index (χ3v) is 4.51. The Bertz CT molecular complexity index is 1040. The normalized spacial score (nSPS) is 17.0. The van der Waals surface area contributed by atoms with Crippen molar-refractivity contribution < 1.29 is 23.0 Å². The molecule has 0 unspecified atom stereocenters. The van der Waals surface area contributed by atoms with E-state index in [1.165, 1.54) is 12.1 Å². The van der Waals surface area contributed by atoms with Gasteiger partial charge in [-0.25, -0.2) is 4.98 Å². The Balaban J connectivity index is 1.55. The molecule has 4 rings (SSSR count).